The molecule has 4 nitrogen and oxygen atoms in total. The largest absolute Gasteiger partial charge is 0.346 e. The highest BCUT2D eigenvalue weighted by atomic mass is 31.1. The van der Waals surface area contributed by atoms with E-state index in [9.17, 15) is 9.36 Å². The third-order valence-corrected chi connectivity index (χ3v) is 2.63. The summed E-state index contributed by atoms with van der Waals surface area (Å²) in [6.07, 6.45) is 0.950. The number of rotatable bonds is 5. The molecule has 0 saturated heterocycles. The molecule has 0 aliphatic carbocycles. The summed E-state index contributed by atoms with van der Waals surface area (Å²) < 4.78 is 10.4. The van der Waals surface area contributed by atoms with Gasteiger partial charge in [0, 0.05) is 18.3 Å². The number of hydrogen-bond acceptors (Lipinski definition) is 2. The van der Waals surface area contributed by atoms with E-state index in [4.69, 9.17) is 4.89 Å². The van der Waals surface area contributed by atoms with E-state index in [1.807, 2.05) is 18.2 Å². The first-order chi connectivity index (χ1) is 7.18. The zero-order valence-corrected chi connectivity index (χ0v) is 9.27. The molecule has 1 amide bonds. The van der Waals surface area contributed by atoms with Crippen LogP contribution < -0.4 is 5.32 Å². The van der Waals surface area contributed by atoms with Gasteiger partial charge in [0.15, 0.2) is 8.03 Å². The molecule has 1 atom stereocenters. The number of carbonyl (C=O) groups excluding carboxylic acids is 1. The lowest BCUT2D eigenvalue weighted by Crippen LogP contribution is -2.11. The first-order valence-electron chi connectivity index (χ1n) is 4.75. The summed E-state index contributed by atoms with van der Waals surface area (Å²) in [6, 6.07) is 9.14. The van der Waals surface area contributed by atoms with Crippen molar-refractivity contribution in [2.45, 2.75) is 12.8 Å². The second-order valence-electron chi connectivity index (χ2n) is 3.16. The van der Waals surface area contributed by atoms with E-state index < -0.39 is 8.03 Å². The fourth-order valence-electron chi connectivity index (χ4n) is 1.15. The van der Waals surface area contributed by atoms with Gasteiger partial charge in [0.05, 0.1) is 0 Å². The Labute approximate surface area is 89.2 Å². The normalized spacial score (nSPS) is 12.1. The average Bonchev–Trinajstić information content (AvgIpc) is 2.18. The van der Waals surface area contributed by atoms with E-state index in [0.29, 0.717) is 6.42 Å². The van der Waals surface area contributed by atoms with Crippen LogP contribution in [0, 0.1) is 0 Å². The van der Waals surface area contributed by atoms with E-state index >= 15 is 0 Å². The molecule has 1 unspecified atom stereocenters. The van der Waals surface area contributed by atoms with Crippen LogP contribution in [0.5, 0.6) is 0 Å². The molecule has 0 fully saturated rings. The van der Waals surface area contributed by atoms with Crippen molar-refractivity contribution in [2.75, 3.05) is 11.5 Å². The fraction of sp³-hybridized carbons (Fsp3) is 0.300. The molecule has 0 aromatic heterocycles. The van der Waals surface area contributed by atoms with Gasteiger partial charge in [0.1, 0.15) is 0 Å². The Balaban J connectivity index is 2.28. The fourth-order valence-corrected chi connectivity index (χ4v) is 1.62. The zero-order chi connectivity index (χ0) is 11.1. The number of anilines is 1. The standard InChI is InChI=1S/C10H14NO3P/c12-10(7-4-8-15(13)14)11-9-5-2-1-3-6-9/h1-3,5-6,15H,4,7-8H2,(H,11,12)(H,13,14). The van der Waals surface area contributed by atoms with Gasteiger partial charge in [-0.1, -0.05) is 18.2 Å². The SMILES string of the molecule is O=C(CCC[PH](=O)O)Nc1ccccc1. The maximum absolute atomic E-state index is 11.3. The molecular formula is C10H14NO3P. The average molecular weight is 227 g/mol. The maximum atomic E-state index is 11.3. The van der Waals surface area contributed by atoms with Crippen molar-refractivity contribution in [1.29, 1.82) is 0 Å². The van der Waals surface area contributed by atoms with Crippen LogP contribution in [0.1, 0.15) is 12.8 Å². The Bertz CT molecular complexity index is 340. The number of benzene rings is 1. The maximum Gasteiger partial charge on any atom is 0.224 e. The van der Waals surface area contributed by atoms with E-state index in [1.54, 1.807) is 12.1 Å². The predicted octanol–water partition coefficient (Wildman–Crippen LogP) is 1.87. The van der Waals surface area contributed by atoms with Gasteiger partial charge < -0.3 is 10.2 Å². The minimum Gasteiger partial charge on any atom is -0.346 e. The molecule has 1 rings (SSSR count). The molecule has 0 heterocycles. The summed E-state index contributed by atoms with van der Waals surface area (Å²) in [5.74, 6) is -0.121. The summed E-state index contributed by atoms with van der Waals surface area (Å²) in [4.78, 5) is 19.9. The molecule has 0 saturated carbocycles. The van der Waals surface area contributed by atoms with Crippen LogP contribution in [0.4, 0.5) is 5.69 Å². The van der Waals surface area contributed by atoms with Crippen LogP contribution in [-0.4, -0.2) is 17.0 Å². The van der Waals surface area contributed by atoms with Crippen molar-refractivity contribution in [3.63, 3.8) is 0 Å². The molecular weight excluding hydrogens is 213 g/mol. The molecule has 0 radical (unpaired) electrons. The number of para-hydroxylation sites is 1. The van der Waals surface area contributed by atoms with Crippen LogP contribution >= 0.6 is 8.03 Å². The lowest BCUT2D eigenvalue weighted by Gasteiger charge is -2.03. The van der Waals surface area contributed by atoms with Crippen molar-refractivity contribution in [3.05, 3.63) is 30.3 Å². The van der Waals surface area contributed by atoms with Crippen molar-refractivity contribution in [2.24, 2.45) is 0 Å². The first kappa shape index (κ1) is 12.0. The lowest BCUT2D eigenvalue weighted by atomic mass is 10.3. The first-order valence-corrected chi connectivity index (χ1v) is 6.31. The monoisotopic (exact) mass is 227 g/mol. The van der Waals surface area contributed by atoms with E-state index in [0.717, 1.165) is 5.69 Å². The number of carbonyl (C=O) groups is 1. The highest BCUT2D eigenvalue weighted by molar-refractivity contribution is 7.37. The summed E-state index contributed by atoms with van der Waals surface area (Å²) >= 11 is 0. The van der Waals surface area contributed by atoms with Crippen LogP contribution in [0.3, 0.4) is 0 Å². The predicted molar refractivity (Wildman–Crippen MR) is 60.4 cm³/mol. The summed E-state index contributed by atoms with van der Waals surface area (Å²) in [7, 11) is -2.43. The molecule has 2 N–H and O–H groups in total. The van der Waals surface area contributed by atoms with Gasteiger partial charge >= 0.3 is 0 Å². The van der Waals surface area contributed by atoms with Crippen LogP contribution in [-0.2, 0) is 9.36 Å². The van der Waals surface area contributed by atoms with Crippen LogP contribution in [0.15, 0.2) is 30.3 Å². The second-order valence-corrected chi connectivity index (χ2v) is 4.45. The molecule has 0 bridgehead atoms. The summed E-state index contributed by atoms with van der Waals surface area (Å²) in [6.45, 7) is 0. The molecule has 0 aliphatic heterocycles. The summed E-state index contributed by atoms with van der Waals surface area (Å²) in [5.41, 5.74) is 0.749. The number of amides is 1. The van der Waals surface area contributed by atoms with Gasteiger partial charge in [0.25, 0.3) is 0 Å². The highest BCUT2D eigenvalue weighted by Crippen LogP contribution is 2.15. The van der Waals surface area contributed by atoms with Gasteiger partial charge in [-0.2, -0.15) is 0 Å². The molecule has 1 aromatic carbocycles. The quantitative estimate of drug-likeness (QED) is 0.754. The molecule has 5 heteroatoms. The van der Waals surface area contributed by atoms with E-state index in [-0.39, 0.29) is 18.5 Å². The topological polar surface area (TPSA) is 66.4 Å². The lowest BCUT2D eigenvalue weighted by molar-refractivity contribution is -0.116. The van der Waals surface area contributed by atoms with E-state index in [1.165, 1.54) is 0 Å². The van der Waals surface area contributed by atoms with Gasteiger partial charge in [-0.05, 0) is 18.6 Å². The summed E-state index contributed by atoms with van der Waals surface area (Å²) in [5, 5.41) is 2.70. The Morgan fingerprint density at radius 3 is 2.60 bits per heavy atom. The Morgan fingerprint density at radius 2 is 2.00 bits per heavy atom. The van der Waals surface area contributed by atoms with Gasteiger partial charge in [0.2, 0.25) is 5.91 Å². The van der Waals surface area contributed by atoms with Gasteiger partial charge in [-0.25, -0.2) is 0 Å². The Kier molecular flexibility index (Phi) is 5.08. The molecule has 15 heavy (non-hydrogen) atoms. The van der Waals surface area contributed by atoms with Crippen molar-refractivity contribution < 1.29 is 14.3 Å². The molecule has 1 aromatic rings. The van der Waals surface area contributed by atoms with Crippen molar-refractivity contribution >= 4 is 19.6 Å². The third kappa shape index (κ3) is 5.35. The second kappa shape index (κ2) is 6.38. The van der Waals surface area contributed by atoms with Crippen molar-refractivity contribution in [3.8, 4) is 0 Å². The molecule has 0 aliphatic rings. The number of nitrogens with one attached hydrogen (secondary N) is 1. The highest BCUT2D eigenvalue weighted by Gasteiger charge is 2.02. The van der Waals surface area contributed by atoms with E-state index in [2.05, 4.69) is 5.32 Å². The minimum atomic E-state index is -2.43. The number of hydrogen-bond donors (Lipinski definition) is 2. The Morgan fingerprint density at radius 1 is 1.33 bits per heavy atom. The smallest absolute Gasteiger partial charge is 0.224 e. The van der Waals surface area contributed by atoms with Crippen LogP contribution in [0.2, 0.25) is 0 Å². The Hall–Kier alpha value is -1.12. The van der Waals surface area contributed by atoms with Crippen LogP contribution in [0.25, 0.3) is 0 Å². The van der Waals surface area contributed by atoms with Gasteiger partial charge in [-0.15, -0.1) is 0 Å². The zero-order valence-electron chi connectivity index (χ0n) is 8.27. The van der Waals surface area contributed by atoms with Gasteiger partial charge in [-0.3, -0.25) is 9.36 Å². The molecule has 0 spiro atoms. The minimum absolute atomic E-state index is 0.121. The molecule has 82 valence electrons. The third-order valence-electron chi connectivity index (χ3n) is 1.85. The van der Waals surface area contributed by atoms with Crippen molar-refractivity contribution in [1.82, 2.24) is 0 Å².